The highest BCUT2D eigenvalue weighted by atomic mass is 35.5. The summed E-state index contributed by atoms with van der Waals surface area (Å²) in [6.07, 6.45) is 0.577. The molecule has 17 heavy (non-hydrogen) atoms. The molecule has 96 valence electrons. The van der Waals surface area contributed by atoms with Crippen molar-refractivity contribution >= 4 is 21.4 Å². The first-order chi connectivity index (χ1) is 8.05. The molecule has 0 saturated heterocycles. The molecule has 0 aromatic heterocycles. The molecular weight excluding hydrogens is 262 g/mol. The lowest BCUT2D eigenvalue weighted by atomic mass is 10.1. The number of ether oxygens (including phenoxy) is 1. The maximum Gasteiger partial charge on any atom is 0.179 e. The van der Waals surface area contributed by atoms with Crippen LogP contribution in [0.4, 0.5) is 0 Å². The first-order valence-electron chi connectivity index (χ1n) is 5.21. The second-order valence-corrected chi connectivity index (χ2v) is 6.01. The summed E-state index contributed by atoms with van der Waals surface area (Å²) in [4.78, 5) is 0.266. The van der Waals surface area contributed by atoms with Crippen LogP contribution in [-0.4, -0.2) is 33.7 Å². The molecule has 0 aliphatic rings. The van der Waals surface area contributed by atoms with Crippen molar-refractivity contribution in [1.29, 1.82) is 0 Å². The highest BCUT2D eigenvalue weighted by molar-refractivity contribution is 7.91. The molecule has 0 saturated carbocycles. The number of methoxy groups -OCH3 is 1. The number of nitrogens with two attached hydrogens (primary N) is 1. The predicted molar refractivity (Wildman–Crippen MR) is 68.5 cm³/mol. The summed E-state index contributed by atoms with van der Waals surface area (Å²) in [7, 11) is -1.76. The van der Waals surface area contributed by atoms with Gasteiger partial charge in [0, 0.05) is 5.88 Å². The van der Waals surface area contributed by atoms with E-state index in [1.807, 2.05) is 0 Å². The third-order valence-electron chi connectivity index (χ3n) is 2.37. The van der Waals surface area contributed by atoms with Gasteiger partial charge in [-0.1, -0.05) is 0 Å². The van der Waals surface area contributed by atoms with Gasteiger partial charge < -0.3 is 10.5 Å². The fourth-order valence-electron chi connectivity index (χ4n) is 1.52. The second kappa shape index (κ2) is 6.23. The van der Waals surface area contributed by atoms with Gasteiger partial charge >= 0.3 is 0 Å². The van der Waals surface area contributed by atoms with Gasteiger partial charge in [-0.25, -0.2) is 8.42 Å². The Labute approximate surface area is 107 Å². The molecule has 2 N–H and O–H groups in total. The Bertz CT molecular complexity index is 474. The minimum absolute atomic E-state index is 0.0665. The van der Waals surface area contributed by atoms with Crippen LogP contribution in [0.2, 0.25) is 0 Å². The van der Waals surface area contributed by atoms with Crippen LogP contribution in [0.1, 0.15) is 5.56 Å². The maximum atomic E-state index is 11.8. The van der Waals surface area contributed by atoms with E-state index in [9.17, 15) is 8.42 Å². The van der Waals surface area contributed by atoms with Crippen molar-refractivity contribution < 1.29 is 13.2 Å². The van der Waals surface area contributed by atoms with Crippen LogP contribution in [0, 0.1) is 0 Å². The number of hydrogen-bond donors (Lipinski definition) is 1. The van der Waals surface area contributed by atoms with Crippen LogP contribution >= 0.6 is 11.6 Å². The van der Waals surface area contributed by atoms with Crippen LogP contribution in [0.3, 0.4) is 0 Å². The smallest absolute Gasteiger partial charge is 0.179 e. The normalized spacial score (nSPS) is 11.5. The zero-order valence-corrected chi connectivity index (χ0v) is 11.2. The third-order valence-corrected chi connectivity index (χ3v) is 4.50. The van der Waals surface area contributed by atoms with Crippen LogP contribution in [0.15, 0.2) is 23.1 Å². The van der Waals surface area contributed by atoms with E-state index < -0.39 is 9.84 Å². The zero-order chi connectivity index (χ0) is 12.9. The van der Waals surface area contributed by atoms with E-state index in [4.69, 9.17) is 22.1 Å². The second-order valence-electron chi connectivity index (χ2n) is 3.52. The fraction of sp³-hybridized carbons (Fsp3) is 0.455. The van der Waals surface area contributed by atoms with E-state index in [2.05, 4.69) is 0 Å². The van der Waals surface area contributed by atoms with Gasteiger partial charge in [0.15, 0.2) is 9.84 Å². The van der Waals surface area contributed by atoms with Crippen molar-refractivity contribution in [3.8, 4) is 5.75 Å². The minimum Gasteiger partial charge on any atom is -0.496 e. The average molecular weight is 278 g/mol. The molecule has 1 rings (SSSR count). The molecule has 6 heteroatoms. The van der Waals surface area contributed by atoms with Gasteiger partial charge in [-0.3, -0.25) is 0 Å². The molecule has 0 heterocycles. The number of alkyl halides is 1. The predicted octanol–water partition coefficient (Wildman–Crippen LogP) is 1.21. The van der Waals surface area contributed by atoms with Crippen LogP contribution in [0.25, 0.3) is 0 Å². The molecule has 0 fully saturated rings. The molecule has 0 aliphatic heterocycles. The van der Waals surface area contributed by atoms with E-state index in [1.54, 1.807) is 19.2 Å². The van der Waals surface area contributed by atoms with Crippen LogP contribution < -0.4 is 10.5 Å². The number of halogens is 1. The minimum atomic E-state index is -3.30. The van der Waals surface area contributed by atoms with Crippen molar-refractivity contribution in [3.63, 3.8) is 0 Å². The maximum absolute atomic E-state index is 11.8. The summed E-state index contributed by atoms with van der Waals surface area (Å²) in [6, 6.07) is 4.78. The summed E-state index contributed by atoms with van der Waals surface area (Å²) in [5.41, 5.74) is 6.27. The lowest BCUT2D eigenvalue weighted by Crippen LogP contribution is -2.10. The monoisotopic (exact) mass is 277 g/mol. The molecule has 0 spiro atoms. The number of benzene rings is 1. The Hall–Kier alpha value is -0.780. The first-order valence-corrected chi connectivity index (χ1v) is 7.39. The van der Waals surface area contributed by atoms with E-state index in [0.29, 0.717) is 18.7 Å². The topological polar surface area (TPSA) is 69.4 Å². The van der Waals surface area contributed by atoms with Gasteiger partial charge in [0.1, 0.15) is 5.75 Å². The Kier molecular flexibility index (Phi) is 5.24. The molecule has 0 aliphatic carbocycles. The van der Waals surface area contributed by atoms with Crippen molar-refractivity contribution in [2.45, 2.75) is 11.3 Å². The Morgan fingerprint density at radius 1 is 1.41 bits per heavy atom. The molecule has 4 nitrogen and oxygen atoms in total. The van der Waals surface area contributed by atoms with E-state index in [-0.39, 0.29) is 16.5 Å². The van der Waals surface area contributed by atoms with Crippen LogP contribution in [0.5, 0.6) is 5.75 Å². The Morgan fingerprint density at radius 3 is 2.65 bits per heavy atom. The lowest BCUT2D eigenvalue weighted by molar-refractivity contribution is 0.409. The van der Waals surface area contributed by atoms with Crippen molar-refractivity contribution in [2.75, 3.05) is 25.3 Å². The molecule has 1 aromatic rings. The van der Waals surface area contributed by atoms with E-state index in [0.717, 1.165) is 5.56 Å². The Balaban J connectivity index is 3.16. The van der Waals surface area contributed by atoms with Crippen molar-refractivity contribution in [2.24, 2.45) is 5.73 Å². The summed E-state index contributed by atoms with van der Waals surface area (Å²) >= 11 is 5.47. The molecular formula is C11H16ClNO3S. The van der Waals surface area contributed by atoms with Gasteiger partial charge in [0.05, 0.1) is 17.8 Å². The highest BCUT2D eigenvalue weighted by Gasteiger charge is 2.15. The molecule has 0 bridgehead atoms. The molecule has 0 atom stereocenters. The van der Waals surface area contributed by atoms with Gasteiger partial charge in [0.2, 0.25) is 0 Å². The van der Waals surface area contributed by atoms with Crippen molar-refractivity contribution in [1.82, 2.24) is 0 Å². The van der Waals surface area contributed by atoms with Gasteiger partial charge in [-0.05, 0) is 36.7 Å². The van der Waals surface area contributed by atoms with Gasteiger partial charge in [0.25, 0.3) is 0 Å². The highest BCUT2D eigenvalue weighted by Crippen LogP contribution is 2.23. The largest absolute Gasteiger partial charge is 0.496 e. The van der Waals surface area contributed by atoms with Crippen LogP contribution in [-0.2, 0) is 16.3 Å². The molecule has 1 aromatic carbocycles. The third kappa shape index (κ3) is 3.59. The summed E-state index contributed by atoms with van der Waals surface area (Å²) < 4.78 is 28.8. The number of rotatable bonds is 6. The summed E-state index contributed by atoms with van der Waals surface area (Å²) in [6.45, 7) is 0.440. The van der Waals surface area contributed by atoms with Gasteiger partial charge in [-0.2, -0.15) is 0 Å². The van der Waals surface area contributed by atoms with E-state index in [1.165, 1.54) is 6.07 Å². The van der Waals surface area contributed by atoms with Crippen molar-refractivity contribution in [3.05, 3.63) is 23.8 Å². The van der Waals surface area contributed by atoms with Gasteiger partial charge in [-0.15, -0.1) is 11.6 Å². The zero-order valence-electron chi connectivity index (χ0n) is 9.65. The first kappa shape index (κ1) is 14.3. The number of hydrogen-bond acceptors (Lipinski definition) is 4. The standard InChI is InChI=1S/C11H16ClNO3S/c1-16-11-3-2-10(8-9(11)4-6-13)17(14,15)7-5-12/h2-3,8H,4-7,13H2,1H3. The molecule has 0 radical (unpaired) electrons. The lowest BCUT2D eigenvalue weighted by Gasteiger charge is -2.10. The average Bonchev–Trinajstić information content (AvgIpc) is 2.29. The molecule has 0 amide bonds. The SMILES string of the molecule is COc1ccc(S(=O)(=O)CCCl)cc1CCN. The summed E-state index contributed by atoms with van der Waals surface area (Å²) in [5.74, 6) is 0.670. The summed E-state index contributed by atoms with van der Waals surface area (Å²) in [5, 5.41) is 0. The fourth-order valence-corrected chi connectivity index (χ4v) is 3.16. The number of sulfone groups is 1. The quantitative estimate of drug-likeness (QED) is 0.794. The van der Waals surface area contributed by atoms with E-state index >= 15 is 0 Å². The Morgan fingerprint density at radius 2 is 2.12 bits per heavy atom. The molecule has 0 unspecified atom stereocenters.